The average molecular weight is 386 g/mol. The second-order valence-corrected chi connectivity index (χ2v) is 7.45. The van der Waals surface area contributed by atoms with Gasteiger partial charge >= 0.3 is 0 Å². The molecule has 2 atom stereocenters. The van der Waals surface area contributed by atoms with Gasteiger partial charge in [-0.3, -0.25) is 14.9 Å². The van der Waals surface area contributed by atoms with Crippen molar-refractivity contribution in [3.8, 4) is 0 Å². The van der Waals surface area contributed by atoms with Gasteiger partial charge in [0, 0.05) is 30.9 Å². The number of pyridine rings is 1. The van der Waals surface area contributed by atoms with Gasteiger partial charge < -0.3 is 10.6 Å². The lowest BCUT2D eigenvalue weighted by Gasteiger charge is -2.40. The molecule has 144 valence electrons. The van der Waals surface area contributed by atoms with Crippen molar-refractivity contribution < 1.29 is 0 Å². The Labute approximate surface area is 166 Å². The molecule has 3 rings (SSSR count). The summed E-state index contributed by atoms with van der Waals surface area (Å²) < 4.78 is 0. The van der Waals surface area contributed by atoms with Crippen LogP contribution in [-0.4, -0.2) is 43.0 Å². The predicted molar refractivity (Wildman–Crippen MR) is 112 cm³/mol. The molecule has 1 aromatic heterocycles. The molecule has 1 aliphatic heterocycles. The molecule has 0 amide bonds. The normalized spacial score (nSPS) is 21.1. The van der Waals surface area contributed by atoms with E-state index in [-0.39, 0.29) is 0 Å². The molecule has 0 aliphatic carbocycles. The average Bonchev–Trinajstić information content (AvgIpc) is 2.69. The van der Waals surface area contributed by atoms with Gasteiger partial charge in [0.05, 0.1) is 12.2 Å². The van der Waals surface area contributed by atoms with E-state index in [4.69, 9.17) is 11.6 Å². The zero-order valence-electron chi connectivity index (χ0n) is 16.0. The summed E-state index contributed by atoms with van der Waals surface area (Å²) in [6.45, 7) is 2.63. The molecule has 6 heteroatoms. The number of nitrogens with zero attached hydrogens (tertiary/aromatic N) is 3. The summed E-state index contributed by atoms with van der Waals surface area (Å²) >= 11 is 6.24. The number of halogens is 1. The second kappa shape index (κ2) is 9.72. The summed E-state index contributed by atoms with van der Waals surface area (Å²) in [5.41, 5.74) is 2.28. The molecule has 27 heavy (non-hydrogen) atoms. The highest BCUT2D eigenvalue weighted by Gasteiger charge is 2.30. The fourth-order valence-electron chi connectivity index (χ4n) is 3.82. The van der Waals surface area contributed by atoms with Gasteiger partial charge in [0.1, 0.15) is 0 Å². The van der Waals surface area contributed by atoms with Crippen molar-refractivity contribution in [1.29, 1.82) is 0 Å². The number of guanidine groups is 1. The monoisotopic (exact) mass is 385 g/mol. The third-order valence-corrected chi connectivity index (χ3v) is 5.35. The predicted octanol–water partition coefficient (Wildman–Crippen LogP) is 3.48. The van der Waals surface area contributed by atoms with E-state index in [0.29, 0.717) is 18.5 Å². The summed E-state index contributed by atoms with van der Waals surface area (Å²) in [6, 6.07) is 14.5. The first-order valence-corrected chi connectivity index (χ1v) is 9.85. The van der Waals surface area contributed by atoms with Crippen molar-refractivity contribution in [2.75, 3.05) is 27.2 Å². The zero-order valence-corrected chi connectivity index (χ0v) is 16.8. The minimum absolute atomic E-state index is 0.360. The molecule has 2 N–H and O–H groups in total. The van der Waals surface area contributed by atoms with Crippen molar-refractivity contribution in [3.63, 3.8) is 0 Å². The van der Waals surface area contributed by atoms with E-state index in [0.717, 1.165) is 29.8 Å². The molecule has 0 spiro atoms. The Morgan fingerprint density at radius 1 is 1.26 bits per heavy atom. The minimum atomic E-state index is 0.360. The van der Waals surface area contributed by atoms with Gasteiger partial charge in [-0.15, -0.1) is 0 Å². The molecular weight excluding hydrogens is 358 g/mol. The van der Waals surface area contributed by atoms with E-state index in [9.17, 15) is 0 Å². The summed E-state index contributed by atoms with van der Waals surface area (Å²) in [5, 5.41) is 7.63. The fourth-order valence-corrected chi connectivity index (χ4v) is 4.01. The smallest absolute Gasteiger partial charge is 0.191 e. The van der Waals surface area contributed by atoms with Gasteiger partial charge in [-0.1, -0.05) is 29.8 Å². The molecule has 2 heterocycles. The molecule has 2 aromatic rings. The molecular formula is C21H28ClN5. The Hall–Kier alpha value is -2.11. The van der Waals surface area contributed by atoms with Gasteiger partial charge in [0.2, 0.25) is 0 Å². The maximum atomic E-state index is 6.24. The Morgan fingerprint density at radius 2 is 2.15 bits per heavy atom. The van der Waals surface area contributed by atoms with Crippen LogP contribution in [0.3, 0.4) is 0 Å². The third-order valence-electron chi connectivity index (χ3n) is 5.12. The molecule has 1 aromatic carbocycles. The summed E-state index contributed by atoms with van der Waals surface area (Å²) in [6.07, 6.45) is 4.20. The number of aliphatic imine (C=N–C) groups is 1. The standard InChI is InChI=1S/C21H28ClN5/c1-23-21(26-15-19-10-3-4-11-24-19)25-14-17-8-6-12-27(2)20(17)16-7-5-9-18(22)13-16/h3-5,7,9-11,13,17,20H,6,8,12,14-15H2,1-2H3,(H2,23,25,26). The van der Waals surface area contributed by atoms with Crippen molar-refractivity contribution in [3.05, 3.63) is 64.9 Å². The Bertz CT molecular complexity index is 749. The van der Waals surface area contributed by atoms with Gasteiger partial charge in [-0.2, -0.15) is 0 Å². The summed E-state index contributed by atoms with van der Waals surface area (Å²) in [5.74, 6) is 1.30. The SMILES string of the molecule is CN=C(NCc1ccccn1)NCC1CCCN(C)C1c1cccc(Cl)c1. The number of rotatable bonds is 5. The highest BCUT2D eigenvalue weighted by atomic mass is 35.5. The molecule has 1 fully saturated rings. The Morgan fingerprint density at radius 3 is 2.89 bits per heavy atom. The number of piperidine rings is 1. The van der Waals surface area contributed by atoms with E-state index in [2.05, 4.69) is 44.7 Å². The van der Waals surface area contributed by atoms with Crippen molar-refractivity contribution in [1.82, 2.24) is 20.5 Å². The maximum absolute atomic E-state index is 6.24. The summed E-state index contributed by atoms with van der Waals surface area (Å²) in [7, 11) is 4.00. The molecule has 0 radical (unpaired) electrons. The quantitative estimate of drug-likeness (QED) is 0.611. The zero-order chi connectivity index (χ0) is 19.1. The topological polar surface area (TPSA) is 52.6 Å². The Balaban J connectivity index is 1.61. The number of hydrogen-bond donors (Lipinski definition) is 2. The van der Waals surface area contributed by atoms with Crippen LogP contribution in [0.15, 0.2) is 53.7 Å². The highest BCUT2D eigenvalue weighted by molar-refractivity contribution is 6.30. The molecule has 5 nitrogen and oxygen atoms in total. The lowest BCUT2D eigenvalue weighted by Crippen LogP contribution is -2.44. The minimum Gasteiger partial charge on any atom is -0.356 e. The van der Waals surface area contributed by atoms with E-state index in [1.165, 1.54) is 18.4 Å². The molecule has 1 aliphatic rings. The van der Waals surface area contributed by atoms with E-state index in [1.807, 2.05) is 30.3 Å². The van der Waals surface area contributed by atoms with Crippen molar-refractivity contribution >= 4 is 17.6 Å². The molecule has 0 bridgehead atoms. The number of aromatic nitrogens is 1. The third kappa shape index (κ3) is 5.44. The van der Waals surface area contributed by atoms with Crippen LogP contribution < -0.4 is 10.6 Å². The highest BCUT2D eigenvalue weighted by Crippen LogP contribution is 2.35. The van der Waals surface area contributed by atoms with Crippen LogP contribution >= 0.6 is 11.6 Å². The van der Waals surface area contributed by atoms with Gasteiger partial charge in [-0.25, -0.2) is 0 Å². The van der Waals surface area contributed by atoms with Crippen LogP contribution in [0, 0.1) is 5.92 Å². The maximum Gasteiger partial charge on any atom is 0.191 e. The van der Waals surface area contributed by atoms with Gasteiger partial charge in [0.25, 0.3) is 0 Å². The number of benzene rings is 1. The van der Waals surface area contributed by atoms with E-state index >= 15 is 0 Å². The first-order chi connectivity index (χ1) is 13.2. The molecule has 0 saturated carbocycles. The molecule has 2 unspecified atom stereocenters. The van der Waals surface area contributed by atoms with Crippen LogP contribution in [0.4, 0.5) is 0 Å². The van der Waals surface area contributed by atoms with Crippen LogP contribution in [0.1, 0.15) is 30.1 Å². The first-order valence-electron chi connectivity index (χ1n) is 9.47. The Kier molecular flexibility index (Phi) is 7.07. The van der Waals surface area contributed by atoms with Crippen LogP contribution in [0.2, 0.25) is 5.02 Å². The van der Waals surface area contributed by atoms with Gasteiger partial charge in [0.15, 0.2) is 5.96 Å². The van der Waals surface area contributed by atoms with Crippen LogP contribution in [0.25, 0.3) is 0 Å². The van der Waals surface area contributed by atoms with Gasteiger partial charge in [-0.05, 0) is 62.2 Å². The van der Waals surface area contributed by atoms with Crippen molar-refractivity contribution in [2.24, 2.45) is 10.9 Å². The first kappa shape index (κ1) is 19.6. The van der Waals surface area contributed by atoms with Crippen LogP contribution in [0.5, 0.6) is 0 Å². The number of hydrogen-bond acceptors (Lipinski definition) is 3. The summed E-state index contributed by atoms with van der Waals surface area (Å²) in [4.78, 5) is 11.1. The van der Waals surface area contributed by atoms with E-state index in [1.54, 1.807) is 13.2 Å². The van der Waals surface area contributed by atoms with Crippen LogP contribution in [-0.2, 0) is 6.54 Å². The van der Waals surface area contributed by atoms with E-state index < -0.39 is 0 Å². The number of likely N-dealkylation sites (tertiary alicyclic amines) is 1. The largest absolute Gasteiger partial charge is 0.356 e. The number of nitrogens with one attached hydrogen (secondary N) is 2. The van der Waals surface area contributed by atoms with Crippen molar-refractivity contribution in [2.45, 2.75) is 25.4 Å². The molecule has 1 saturated heterocycles. The fraction of sp³-hybridized carbons (Fsp3) is 0.429. The second-order valence-electron chi connectivity index (χ2n) is 7.01. The lowest BCUT2D eigenvalue weighted by atomic mass is 9.85. The lowest BCUT2D eigenvalue weighted by molar-refractivity contribution is 0.122.